The van der Waals surface area contributed by atoms with Gasteiger partial charge in [0.15, 0.2) is 0 Å². The quantitative estimate of drug-likeness (QED) is 0.791. The Kier molecular flexibility index (Phi) is 4.93. The first-order valence-electron chi connectivity index (χ1n) is 7.19. The summed E-state index contributed by atoms with van der Waals surface area (Å²) in [6.07, 6.45) is 0. The summed E-state index contributed by atoms with van der Waals surface area (Å²) in [5.74, 6) is -0.397. The molecule has 2 aromatic rings. The van der Waals surface area contributed by atoms with E-state index in [1.165, 1.54) is 0 Å². The van der Waals surface area contributed by atoms with Gasteiger partial charge in [-0.2, -0.15) is 5.10 Å². The van der Waals surface area contributed by atoms with E-state index >= 15 is 0 Å². The molecule has 0 bridgehead atoms. The number of benzene rings is 1. The van der Waals surface area contributed by atoms with Gasteiger partial charge in [0, 0.05) is 11.4 Å². The third-order valence-electron chi connectivity index (χ3n) is 3.23. The minimum absolute atomic E-state index is 0.257. The van der Waals surface area contributed by atoms with E-state index in [9.17, 15) is 9.59 Å². The molecule has 1 aromatic carbocycles. The van der Waals surface area contributed by atoms with Gasteiger partial charge in [0.1, 0.15) is 11.7 Å². The van der Waals surface area contributed by atoms with Crippen LogP contribution < -0.4 is 10.6 Å². The molecule has 0 aliphatic heterocycles. The number of carbonyl (C=O) groups excluding carboxylic acids is 2. The predicted molar refractivity (Wildman–Crippen MR) is 84.7 cm³/mol. The van der Waals surface area contributed by atoms with Crippen LogP contribution in [0.1, 0.15) is 42.9 Å². The van der Waals surface area contributed by atoms with Crippen LogP contribution in [0.25, 0.3) is 0 Å². The molecule has 1 aromatic heterocycles. The number of para-hydroxylation sites is 1. The summed E-state index contributed by atoms with van der Waals surface area (Å²) < 4.78 is 0. The number of aromatic amines is 1. The Morgan fingerprint density at radius 2 is 1.82 bits per heavy atom. The highest BCUT2D eigenvalue weighted by Gasteiger charge is 2.19. The number of nitrogens with zero attached hydrogens (tertiary/aromatic N) is 1. The fourth-order valence-corrected chi connectivity index (χ4v) is 1.86. The van der Waals surface area contributed by atoms with Gasteiger partial charge >= 0.3 is 0 Å². The van der Waals surface area contributed by atoms with Gasteiger partial charge in [0.25, 0.3) is 5.91 Å². The number of anilines is 1. The number of nitrogens with one attached hydrogen (secondary N) is 3. The van der Waals surface area contributed by atoms with E-state index in [0.717, 1.165) is 5.69 Å². The van der Waals surface area contributed by atoms with Crippen molar-refractivity contribution in [2.75, 3.05) is 5.32 Å². The second-order valence-electron chi connectivity index (χ2n) is 5.41. The molecular weight excluding hydrogens is 280 g/mol. The van der Waals surface area contributed by atoms with E-state index in [2.05, 4.69) is 20.8 Å². The van der Waals surface area contributed by atoms with Crippen molar-refractivity contribution in [3.05, 3.63) is 47.8 Å². The van der Waals surface area contributed by atoms with Crippen LogP contribution in [0.2, 0.25) is 0 Å². The van der Waals surface area contributed by atoms with Gasteiger partial charge in [-0.3, -0.25) is 14.7 Å². The molecule has 0 unspecified atom stereocenters. The van der Waals surface area contributed by atoms with Crippen LogP contribution in [0.5, 0.6) is 0 Å². The molecule has 2 amide bonds. The van der Waals surface area contributed by atoms with Crippen LogP contribution in [0.3, 0.4) is 0 Å². The summed E-state index contributed by atoms with van der Waals surface area (Å²) in [6.45, 7) is 5.64. The molecule has 0 fully saturated rings. The monoisotopic (exact) mass is 300 g/mol. The number of carbonyl (C=O) groups is 2. The van der Waals surface area contributed by atoms with Crippen molar-refractivity contribution in [1.29, 1.82) is 0 Å². The standard InChI is InChI=1S/C16H20N4O2/c1-10(2)13-9-14(20-19-13)16(22)17-11(3)15(21)18-12-7-5-4-6-8-12/h4-11H,1-3H3,(H,17,22)(H,18,21)(H,19,20)/t11-/m0/s1. The van der Waals surface area contributed by atoms with Gasteiger partial charge in [-0.1, -0.05) is 32.0 Å². The first-order chi connectivity index (χ1) is 10.5. The number of hydrogen-bond donors (Lipinski definition) is 3. The van der Waals surface area contributed by atoms with Crippen molar-refractivity contribution in [1.82, 2.24) is 15.5 Å². The fraction of sp³-hybridized carbons (Fsp3) is 0.312. The molecule has 2 rings (SSSR count). The van der Waals surface area contributed by atoms with Crippen LogP contribution in [-0.4, -0.2) is 28.1 Å². The molecule has 1 atom stereocenters. The molecule has 6 nitrogen and oxygen atoms in total. The number of H-pyrrole nitrogens is 1. The Balaban J connectivity index is 1.94. The molecular formula is C16H20N4O2. The Labute approximate surface area is 129 Å². The van der Waals surface area contributed by atoms with Crippen molar-refractivity contribution in [3.63, 3.8) is 0 Å². The van der Waals surface area contributed by atoms with E-state index in [-0.39, 0.29) is 23.4 Å². The first-order valence-corrected chi connectivity index (χ1v) is 7.19. The topological polar surface area (TPSA) is 86.9 Å². The second kappa shape index (κ2) is 6.89. The molecule has 0 radical (unpaired) electrons. The van der Waals surface area contributed by atoms with E-state index in [1.54, 1.807) is 25.1 Å². The predicted octanol–water partition coefficient (Wildman–Crippen LogP) is 2.29. The minimum Gasteiger partial charge on any atom is -0.339 e. The third kappa shape index (κ3) is 3.94. The van der Waals surface area contributed by atoms with Crippen molar-refractivity contribution in [2.24, 2.45) is 0 Å². The van der Waals surface area contributed by atoms with Gasteiger partial charge < -0.3 is 10.6 Å². The van der Waals surface area contributed by atoms with Crippen molar-refractivity contribution >= 4 is 17.5 Å². The Bertz CT molecular complexity index is 649. The van der Waals surface area contributed by atoms with Crippen LogP contribution in [-0.2, 0) is 4.79 Å². The Morgan fingerprint density at radius 1 is 1.14 bits per heavy atom. The maximum atomic E-state index is 12.1. The van der Waals surface area contributed by atoms with Gasteiger partial charge in [-0.05, 0) is 31.0 Å². The summed E-state index contributed by atoms with van der Waals surface area (Å²) >= 11 is 0. The molecule has 0 aliphatic rings. The summed E-state index contributed by atoms with van der Waals surface area (Å²) in [6, 6.07) is 10.1. The summed E-state index contributed by atoms with van der Waals surface area (Å²) in [5.41, 5.74) is 1.85. The molecule has 1 heterocycles. The van der Waals surface area contributed by atoms with Gasteiger partial charge in [0.05, 0.1) is 0 Å². The van der Waals surface area contributed by atoms with Gasteiger partial charge in [-0.15, -0.1) is 0 Å². The normalized spacial score (nSPS) is 12.0. The van der Waals surface area contributed by atoms with Crippen LogP contribution >= 0.6 is 0 Å². The number of aromatic nitrogens is 2. The Morgan fingerprint density at radius 3 is 2.41 bits per heavy atom. The van der Waals surface area contributed by atoms with Crippen LogP contribution in [0, 0.1) is 0 Å². The zero-order valence-electron chi connectivity index (χ0n) is 12.9. The van der Waals surface area contributed by atoms with Gasteiger partial charge in [0.2, 0.25) is 5.91 Å². The fourth-order valence-electron chi connectivity index (χ4n) is 1.86. The average Bonchev–Trinajstić information content (AvgIpc) is 2.98. The van der Waals surface area contributed by atoms with Crippen molar-refractivity contribution < 1.29 is 9.59 Å². The van der Waals surface area contributed by atoms with Crippen LogP contribution in [0.15, 0.2) is 36.4 Å². The Hall–Kier alpha value is -2.63. The first kappa shape index (κ1) is 15.8. The highest BCUT2D eigenvalue weighted by atomic mass is 16.2. The lowest BCUT2D eigenvalue weighted by atomic mass is 10.1. The largest absolute Gasteiger partial charge is 0.339 e. The molecule has 3 N–H and O–H groups in total. The van der Waals surface area contributed by atoms with E-state index in [0.29, 0.717) is 5.69 Å². The van der Waals surface area contributed by atoms with Crippen molar-refractivity contribution in [3.8, 4) is 0 Å². The number of rotatable bonds is 5. The summed E-state index contributed by atoms with van der Waals surface area (Å²) in [5, 5.41) is 12.2. The zero-order chi connectivity index (χ0) is 16.1. The lowest BCUT2D eigenvalue weighted by Gasteiger charge is -2.13. The lowest BCUT2D eigenvalue weighted by molar-refractivity contribution is -0.117. The minimum atomic E-state index is -0.660. The zero-order valence-corrected chi connectivity index (χ0v) is 12.9. The van der Waals surface area contributed by atoms with Gasteiger partial charge in [-0.25, -0.2) is 0 Å². The molecule has 0 spiro atoms. The number of hydrogen-bond acceptors (Lipinski definition) is 3. The molecule has 6 heteroatoms. The van der Waals surface area contributed by atoms with E-state index in [4.69, 9.17) is 0 Å². The van der Waals surface area contributed by atoms with Crippen LogP contribution in [0.4, 0.5) is 5.69 Å². The van der Waals surface area contributed by atoms with Crippen molar-refractivity contribution in [2.45, 2.75) is 32.7 Å². The smallest absolute Gasteiger partial charge is 0.272 e. The maximum Gasteiger partial charge on any atom is 0.272 e. The SMILES string of the molecule is CC(C)c1cc(C(=O)N[C@@H](C)C(=O)Nc2ccccc2)n[nH]1. The maximum absolute atomic E-state index is 12.1. The molecule has 0 saturated carbocycles. The van der Waals surface area contributed by atoms with E-state index in [1.807, 2.05) is 32.0 Å². The average molecular weight is 300 g/mol. The molecule has 0 saturated heterocycles. The summed E-state index contributed by atoms with van der Waals surface area (Å²) in [7, 11) is 0. The highest BCUT2D eigenvalue weighted by Crippen LogP contribution is 2.12. The second-order valence-corrected chi connectivity index (χ2v) is 5.41. The number of amides is 2. The highest BCUT2D eigenvalue weighted by molar-refractivity contribution is 6.00. The summed E-state index contributed by atoms with van der Waals surface area (Å²) in [4.78, 5) is 24.1. The molecule has 22 heavy (non-hydrogen) atoms. The third-order valence-corrected chi connectivity index (χ3v) is 3.23. The lowest BCUT2D eigenvalue weighted by Crippen LogP contribution is -2.41. The molecule has 116 valence electrons. The van der Waals surface area contributed by atoms with E-state index < -0.39 is 6.04 Å². The molecule has 0 aliphatic carbocycles.